The first-order valence-corrected chi connectivity index (χ1v) is 8.54. The van der Waals surface area contributed by atoms with Gasteiger partial charge in [0, 0.05) is 12.8 Å². The third kappa shape index (κ3) is 12.5. The van der Waals surface area contributed by atoms with E-state index in [0.717, 1.165) is 11.5 Å². The smallest absolute Gasteiger partial charge is 0.303 e. The number of methoxy groups -OCH3 is 1. The second-order valence-electron chi connectivity index (χ2n) is 5.16. The molecule has 0 saturated carbocycles. The molecule has 1 rings (SSSR count). The summed E-state index contributed by atoms with van der Waals surface area (Å²) in [6.45, 7) is 0.318. The number of hydrogen-bond acceptors (Lipinski definition) is 3. The summed E-state index contributed by atoms with van der Waals surface area (Å²) < 4.78 is 10.6. The number of unbranched alkanes of at least 4 members (excludes halogenated alkanes) is 1. The van der Waals surface area contributed by atoms with Gasteiger partial charge >= 0.3 is 5.97 Å². The first-order valence-electron chi connectivity index (χ1n) is 8.54. The molecule has 4 heteroatoms. The van der Waals surface area contributed by atoms with Crippen LogP contribution in [-0.2, 0) is 4.79 Å². The molecule has 0 atom stereocenters. The van der Waals surface area contributed by atoms with E-state index in [1.807, 2.05) is 24.3 Å². The fourth-order valence-electron chi connectivity index (χ4n) is 1.77. The largest absolute Gasteiger partial charge is 0.497 e. The Morgan fingerprint density at radius 2 is 1.37 bits per heavy atom. The van der Waals surface area contributed by atoms with E-state index in [1.54, 1.807) is 7.11 Å². The van der Waals surface area contributed by atoms with Gasteiger partial charge in [-0.2, -0.15) is 0 Å². The lowest BCUT2D eigenvalue weighted by molar-refractivity contribution is -0.137. The average Bonchev–Trinajstić information content (AvgIpc) is 2.68. The van der Waals surface area contributed by atoms with Gasteiger partial charge in [-0.25, -0.2) is 0 Å². The summed E-state index contributed by atoms with van der Waals surface area (Å²) >= 11 is 0. The van der Waals surface area contributed by atoms with E-state index in [9.17, 15) is 4.79 Å². The summed E-state index contributed by atoms with van der Waals surface area (Å²) in [7, 11) is 1.62. The van der Waals surface area contributed by atoms with Crippen LogP contribution in [0, 0.1) is 47.4 Å². The maximum absolute atomic E-state index is 10.3. The third-order valence-corrected chi connectivity index (χ3v) is 3.09. The molecule has 0 aliphatic rings. The predicted molar refractivity (Wildman–Crippen MR) is 105 cm³/mol. The van der Waals surface area contributed by atoms with Crippen LogP contribution in [0.4, 0.5) is 0 Å². The Labute approximate surface area is 161 Å². The number of carbonyl (C=O) groups is 1. The number of carboxylic acid groups (broad SMARTS) is 1. The molecule has 0 bridgehead atoms. The second-order valence-corrected chi connectivity index (χ2v) is 5.16. The minimum Gasteiger partial charge on any atom is -0.497 e. The molecule has 0 aliphatic carbocycles. The Hall–Kier alpha value is -3.47. The highest BCUT2D eigenvalue weighted by Crippen LogP contribution is 2.16. The highest BCUT2D eigenvalue weighted by atomic mass is 16.5. The van der Waals surface area contributed by atoms with Crippen LogP contribution in [0.5, 0.6) is 11.5 Å². The van der Waals surface area contributed by atoms with Gasteiger partial charge in [0.25, 0.3) is 0 Å². The number of aliphatic carboxylic acids is 1. The lowest BCUT2D eigenvalue weighted by Crippen LogP contribution is -1.93. The standard InChI is InChI=1S/C23H22O4/c1-26-21-16-18-22(19-17-21)27-20-14-12-10-8-6-4-2-3-5-7-9-11-13-15-23(24)25/h16-19H,4-5,10-11,13,15,20H2,1H3,(H,24,25). The molecule has 0 amide bonds. The summed E-state index contributed by atoms with van der Waals surface area (Å²) in [6, 6.07) is 7.33. The quantitative estimate of drug-likeness (QED) is 0.621. The summed E-state index contributed by atoms with van der Waals surface area (Å²) in [5.41, 5.74) is 0. The van der Waals surface area contributed by atoms with Gasteiger partial charge in [-0.1, -0.05) is 41.4 Å². The fourth-order valence-corrected chi connectivity index (χ4v) is 1.77. The van der Waals surface area contributed by atoms with Crippen LogP contribution in [0.2, 0.25) is 0 Å². The lowest BCUT2D eigenvalue weighted by atomic mass is 10.2. The molecule has 1 aromatic rings. The first-order chi connectivity index (χ1) is 13.2. The Morgan fingerprint density at radius 3 is 1.93 bits per heavy atom. The molecule has 0 spiro atoms. The zero-order valence-corrected chi connectivity index (χ0v) is 15.4. The van der Waals surface area contributed by atoms with Crippen molar-refractivity contribution in [1.82, 2.24) is 0 Å². The van der Waals surface area contributed by atoms with Crippen molar-refractivity contribution in [3.8, 4) is 58.9 Å². The lowest BCUT2D eigenvalue weighted by Gasteiger charge is -2.02. The van der Waals surface area contributed by atoms with Crippen LogP contribution in [0.1, 0.15) is 38.5 Å². The van der Waals surface area contributed by atoms with Gasteiger partial charge in [-0.15, -0.1) is 5.92 Å². The van der Waals surface area contributed by atoms with E-state index in [4.69, 9.17) is 14.6 Å². The van der Waals surface area contributed by atoms with E-state index in [-0.39, 0.29) is 6.42 Å². The van der Waals surface area contributed by atoms with Crippen LogP contribution >= 0.6 is 0 Å². The maximum atomic E-state index is 10.3. The van der Waals surface area contributed by atoms with Gasteiger partial charge < -0.3 is 14.6 Å². The number of hydrogen-bond donors (Lipinski definition) is 1. The van der Waals surface area contributed by atoms with Crippen molar-refractivity contribution >= 4 is 5.97 Å². The van der Waals surface area contributed by atoms with Crippen molar-refractivity contribution in [2.45, 2.75) is 38.5 Å². The molecule has 138 valence electrons. The monoisotopic (exact) mass is 362 g/mol. The molecular weight excluding hydrogens is 340 g/mol. The van der Waals surface area contributed by atoms with Crippen LogP contribution in [0.15, 0.2) is 24.3 Å². The Bertz CT molecular complexity index is 822. The van der Waals surface area contributed by atoms with Crippen LogP contribution in [0.25, 0.3) is 0 Å². The highest BCUT2D eigenvalue weighted by molar-refractivity contribution is 5.66. The van der Waals surface area contributed by atoms with Gasteiger partial charge in [-0.05, 0) is 30.7 Å². The Morgan fingerprint density at radius 1 is 0.852 bits per heavy atom. The van der Waals surface area contributed by atoms with Crippen LogP contribution in [0.3, 0.4) is 0 Å². The minimum atomic E-state index is -0.787. The zero-order chi connectivity index (χ0) is 19.6. The van der Waals surface area contributed by atoms with Crippen molar-refractivity contribution in [2.75, 3.05) is 13.7 Å². The number of benzene rings is 1. The van der Waals surface area contributed by atoms with Gasteiger partial charge in [-0.3, -0.25) is 4.79 Å². The summed E-state index contributed by atoms with van der Waals surface area (Å²) in [5, 5.41) is 8.48. The van der Waals surface area contributed by atoms with E-state index >= 15 is 0 Å². The summed E-state index contributed by atoms with van der Waals surface area (Å²) in [5.74, 6) is 24.1. The van der Waals surface area contributed by atoms with Gasteiger partial charge in [0.15, 0.2) is 0 Å². The molecule has 0 radical (unpaired) electrons. The van der Waals surface area contributed by atoms with Gasteiger partial charge in [0.1, 0.15) is 18.1 Å². The predicted octanol–water partition coefficient (Wildman–Crippen LogP) is 3.51. The molecule has 4 nitrogen and oxygen atoms in total. The highest BCUT2D eigenvalue weighted by Gasteiger charge is 1.93. The van der Waals surface area contributed by atoms with Crippen LogP contribution < -0.4 is 9.47 Å². The summed E-state index contributed by atoms with van der Waals surface area (Å²) in [4.78, 5) is 10.3. The second kappa shape index (κ2) is 14.8. The molecule has 1 N–H and O–H groups in total. The van der Waals surface area contributed by atoms with Gasteiger partial charge in [0.2, 0.25) is 0 Å². The molecular formula is C23H22O4. The van der Waals surface area contributed by atoms with Crippen molar-refractivity contribution in [3.63, 3.8) is 0 Å². The molecule has 0 saturated heterocycles. The number of ether oxygens (including phenoxy) is 2. The molecule has 0 heterocycles. The normalized spacial score (nSPS) is 8.33. The van der Waals surface area contributed by atoms with Crippen molar-refractivity contribution in [3.05, 3.63) is 24.3 Å². The molecule has 27 heavy (non-hydrogen) atoms. The maximum Gasteiger partial charge on any atom is 0.303 e. The molecule has 0 aliphatic heterocycles. The number of rotatable bonds is 6. The van der Waals surface area contributed by atoms with E-state index in [0.29, 0.717) is 38.7 Å². The SMILES string of the molecule is COc1ccc(OCC#CCC#CCC#CCC#CCCCC(=O)O)cc1. The van der Waals surface area contributed by atoms with Crippen molar-refractivity contribution in [1.29, 1.82) is 0 Å². The summed E-state index contributed by atoms with van der Waals surface area (Å²) in [6.07, 6.45) is 2.79. The Balaban J connectivity index is 2.10. The van der Waals surface area contributed by atoms with Crippen LogP contribution in [-0.4, -0.2) is 24.8 Å². The minimum absolute atomic E-state index is 0.159. The fraction of sp³-hybridized carbons (Fsp3) is 0.348. The first kappa shape index (κ1) is 21.6. The number of carboxylic acids is 1. The van der Waals surface area contributed by atoms with Gasteiger partial charge in [0.05, 0.1) is 26.4 Å². The van der Waals surface area contributed by atoms with Crippen molar-refractivity contribution in [2.24, 2.45) is 0 Å². The zero-order valence-electron chi connectivity index (χ0n) is 15.4. The molecule has 1 aromatic carbocycles. The molecule has 0 fully saturated rings. The molecule has 0 unspecified atom stereocenters. The van der Waals surface area contributed by atoms with Crippen molar-refractivity contribution < 1.29 is 19.4 Å². The average molecular weight is 362 g/mol. The van der Waals surface area contributed by atoms with E-state index in [1.165, 1.54) is 0 Å². The topological polar surface area (TPSA) is 55.8 Å². The van der Waals surface area contributed by atoms with E-state index in [2.05, 4.69) is 47.4 Å². The molecule has 0 aromatic heterocycles. The third-order valence-electron chi connectivity index (χ3n) is 3.09. The Kier molecular flexibility index (Phi) is 11.9. The van der Waals surface area contributed by atoms with E-state index < -0.39 is 5.97 Å².